The molecule has 2 aromatic carbocycles. The van der Waals surface area contributed by atoms with Crippen LogP contribution in [0, 0.1) is 0 Å². The molecule has 0 bridgehead atoms. The summed E-state index contributed by atoms with van der Waals surface area (Å²) < 4.78 is 7.25. The average molecular weight is 443 g/mol. The molecular weight excluding hydrogens is 424 g/mol. The Labute approximate surface area is 182 Å². The molecule has 4 rings (SSSR count). The summed E-state index contributed by atoms with van der Waals surface area (Å²) in [4.78, 5) is 4.72. The van der Waals surface area contributed by atoms with E-state index in [2.05, 4.69) is 15.6 Å². The predicted octanol–water partition coefficient (Wildman–Crippen LogP) is 5.48. The van der Waals surface area contributed by atoms with Crippen LogP contribution in [0.2, 0.25) is 5.02 Å². The molecule has 0 saturated carbocycles. The van der Waals surface area contributed by atoms with Gasteiger partial charge in [-0.3, -0.25) is 0 Å². The Morgan fingerprint density at radius 2 is 1.90 bits per heavy atom. The third kappa shape index (κ3) is 4.63. The highest BCUT2D eigenvalue weighted by Gasteiger charge is 2.12. The van der Waals surface area contributed by atoms with Crippen LogP contribution in [-0.4, -0.2) is 26.9 Å². The number of benzene rings is 2. The molecule has 29 heavy (non-hydrogen) atoms. The van der Waals surface area contributed by atoms with Crippen LogP contribution in [0.4, 0.5) is 0 Å². The fourth-order valence-electron chi connectivity index (χ4n) is 2.82. The van der Waals surface area contributed by atoms with E-state index < -0.39 is 0 Å². The number of nitrogens with zero attached hydrogens (tertiary/aromatic N) is 4. The number of rotatable bonds is 7. The third-order valence-corrected chi connectivity index (χ3v) is 6.76. The van der Waals surface area contributed by atoms with Gasteiger partial charge in [-0.2, -0.15) is 0 Å². The zero-order chi connectivity index (χ0) is 20.2. The number of thioether (sulfide) groups is 1. The van der Waals surface area contributed by atoms with Gasteiger partial charge in [0.1, 0.15) is 16.6 Å². The monoisotopic (exact) mass is 442 g/mol. The second-order valence-electron chi connectivity index (χ2n) is 6.40. The van der Waals surface area contributed by atoms with Crippen LogP contribution in [0.25, 0.3) is 10.6 Å². The molecule has 5 nitrogen and oxygen atoms in total. The largest absolute Gasteiger partial charge is 0.497 e. The normalized spacial score (nSPS) is 11.0. The van der Waals surface area contributed by atoms with E-state index in [4.69, 9.17) is 21.3 Å². The van der Waals surface area contributed by atoms with Gasteiger partial charge in [0.2, 0.25) is 0 Å². The first-order chi connectivity index (χ1) is 14.1. The van der Waals surface area contributed by atoms with Crippen LogP contribution >= 0.6 is 34.7 Å². The van der Waals surface area contributed by atoms with Crippen molar-refractivity contribution >= 4 is 34.7 Å². The number of halogens is 1. The molecule has 0 unspecified atom stereocenters. The molecule has 148 valence electrons. The van der Waals surface area contributed by atoms with Crippen molar-refractivity contribution in [3.63, 3.8) is 0 Å². The first-order valence-corrected chi connectivity index (χ1v) is 11.2. The van der Waals surface area contributed by atoms with E-state index in [-0.39, 0.29) is 0 Å². The van der Waals surface area contributed by atoms with Crippen molar-refractivity contribution < 1.29 is 4.74 Å². The molecule has 0 aliphatic heterocycles. The lowest BCUT2D eigenvalue weighted by atomic mass is 10.1. The SMILES string of the molecule is COc1ccc(Cc2nnc(SCc3csc(-c4ccccc4Cl)n3)n2C)cc1. The van der Waals surface area contributed by atoms with Gasteiger partial charge in [-0.25, -0.2) is 4.98 Å². The summed E-state index contributed by atoms with van der Waals surface area (Å²) in [6.45, 7) is 0. The molecule has 0 amide bonds. The van der Waals surface area contributed by atoms with Crippen molar-refractivity contribution in [1.29, 1.82) is 0 Å². The number of aromatic nitrogens is 4. The van der Waals surface area contributed by atoms with E-state index in [0.717, 1.165) is 50.2 Å². The fourth-order valence-corrected chi connectivity index (χ4v) is 4.89. The number of hydrogen-bond acceptors (Lipinski definition) is 6. The van der Waals surface area contributed by atoms with Crippen molar-refractivity contribution in [3.05, 3.63) is 76.0 Å². The predicted molar refractivity (Wildman–Crippen MR) is 119 cm³/mol. The summed E-state index contributed by atoms with van der Waals surface area (Å²) in [5.41, 5.74) is 3.15. The van der Waals surface area contributed by atoms with Crippen molar-refractivity contribution in [1.82, 2.24) is 19.7 Å². The molecule has 0 atom stereocenters. The lowest BCUT2D eigenvalue weighted by Crippen LogP contribution is -2.00. The van der Waals surface area contributed by atoms with Crippen LogP contribution in [0.5, 0.6) is 5.75 Å². The first-order valence-electron chi connectivity index (χ1n) is 8.97. The lowest BCUT2D eigenvalue weighted by molar-refractivity contribution is 0.414. The lowest BCUT2D eigenvalue weighted by Gasteiger charge is -2.05. The summed E-state index contributed by atoms with van der Waals surface area (Å²) in [6, 6.07) is 15.8. The summed E-state index contributed by atoms with van der Waals surface area (Å²) in [5, 5.41) is 13.3. The molecular formula is C21H19ClN4OS2. The minimum Gasteiger partial charge on any atom is -0.497 e. The number of hydrogen-bond donors (Lipinski definition) is 0. The smallest absolute Gasteiger partial charge is 0.191 e. The zero-order valence-corrected chi connectivity index (χ0v) is 18.4. The van der Waals surface area contributed by atoms with Crippen LogP contribution in [0.1, 0.15) is 17.1 Å². The molecule has 0 radical (unpaired) electrons. The Kier molecular flexibility index (Phi) is 6.18. The van der Waals surface area contributed by atoms with Crippen molar-refractivity contribution in [3.8, 4) is 16.3 Å². The fraction of sp³-hybridized carbons (Fsp3) is 0.190. The van der Waals surface area contributed by atoms with Gasteiger partial charge in [0.25, 0.3) is 0 Å². The Morgan fingerprint density at radius 1 is 1.10 bits per heavy atom. The first kappa shape index (κ1) is 19.9. The molecule has 0 aliphatic carbocycles. The Balaban J connectivity index is 1.41. The van der Waals surface area contributed by atoms with Gasteiger partial charge in [-0.15, -0.1) is 21.5 Å². The van der Waals surface area contributed by atoms with E-state index in [1.54, 1.807) is 30.2 Å². The Bertz CT molecular complexity index is 1110. The Hall–Kier alpha value is -2.35. The van der Waals surface area contributed by atoms with Gasteiger partial charge >= 0.3 is 0 Å². The van der Waals surface area contributed by atoms with Crippen LogP contribution in [0.3, 0.4) is 0 Å². The van der Waals surface area contributed by atoms with Gasteiger partial charge < -0.3 is 9.30 Å². The van der Waals surface area contributed by atoms with Crippen molar-refractivity contribution in [2.24, 2.45) is 7.05 Å². The number of thiazole rings is 1. The van der Waals surface area contributed by atoms with Crippen molar-refractivity contribution in [2.45, 2.75) is 17.3 Å². The molecule has 2 heterocycles. The molecule has 0 N–H and O–H groups in total. The molecule has 0 spiro atoms. The topological polar surface area (TPSA) is 52.8 Å². The zero-order valence-electron chi connectivity index (χ0n) is 16.0. The summed E-state index contributed by atoms with van der Waals surface area (Å²) in [7, 11) is 3.67. The summed E-state index contributed by atoms with van der Waals surface area (Å²) in [6.07, 6.45) is 0.724. The maximum atomic E-state index is 6.28. The molecule has 8 heteroatoms. The van der Waals surface area contributed by atoms with E-state index >= 15 is 0 Å². The van der Waals surface area contributed by atoms with Crippen LogP contribution in [-0.2, 0) is 19.2 Å². The Morgan fingerprint density at radius 3 is 2.66 bits per heavy atom. The van der Waals surface area contributed by atoms with Crippen molar-refractivity contribution in [2.75, 3.05) is 7.11 Å². The van der Waals surface area contributed by atoms with Crippen LogP contribution < -0.4 is 4.74 Å². The quantitative estimate of drug-likeness (QED) is 0.354. The van der Waals surface area contributed by atoms with Gasteiger partial charge in [0.15, 0.2) is 5.16 Å². The average Bonchev–Trinajstić information content (AvgIpc) is 3.35. The van der Waals surface area contributed by atoms with Gasteiger partial charge in [-0.05, 0) is 23.8 Å². The summed E-state index contributed by atoms with van der Waals surface area (Å²) in [5.74, 6) is 2.50. The highest BCUT2D eigenvalue weighted by molar-refractivity contribution is 7.98. The third-order valence-electron chi connectivity index (χ3n) is 4.45. The number of methoxy groups -OCH3 is 1. The van der Waals surface area contributed by atoms with Gasteiger partial charge in [0, 0.05) is 30.2 Å². The second kappa shape index (κ2) is 8.98. The standard InChI is InChI=1S/C21H19ClN4OS2/c1-26-19(11-14-7-9-16(27-2)10-8-14)24-25-21(26)29-13-15-12-28-20(23-15)17-5-3-4-6-18(17)22/h3-10,12H,11,13H2,1-2H3. The minimum absolute atomic E-state index is 0.720. The van der Waals surface area contributed by atoms with Gasteiger partial charge in [-0.1, -0.05) is 53.7 Å². The maximum absolute atomic E-state index is 6.28. The van der Waals surface area contributed by atoms with E-state index in [9.17, 15) is 0 Å². The number of ether oxygens (including phenoxy) is 1. The highest BCUT2D eigenvalue weighted by Crippen LogP contribution is 2.31. The molecule has 0 aliphatic rings. The molecule has 0 fully saturated rings. The van der Waals surface area contributed by atoms with E-state index in [0.29, 0.717) is 0 Å². The highest BCUT2D eigenvalue weighted by atomic mass is 35.5. The van der Waals surface area contributed by atoms with Gasteiger partial charge in [0.05, 0.1) is 17.8 Å². The van der Waals surface area contributed by atoms with E-state index in [1.807, 2.05) is 60.1 Å². The van der Waals surface area contributed by atoms with E-state index in [1.165, 1.54) is 5.56 Å². The van der Waals surface area contributed by atoms with Crippen LogP contribution in [0.15, 0.2) is 59.1 Å². The molecule has 4 aromatic rings. The minimum atomic E-state index is 0.720. The molecule has 0 saturated heterocycles. The second-order valence-corrected chi connectivity index (χ2v) is 8.60. The summed E-state index contributed by atoms with van der Waals surface area (Å²) >= 11 is 9.52. The maximum Gasteiger partial charge on any atom is 0.191 e. The molecule has 2 aromatic heterocycles.